The van der Waals surface area contributed by atoms with E-state index in [0.29, 0.717) is 34.5 Å². The zero-order valence-electron chi connectivity index (χ0n) is 24.7. The van der Waals surface area contributed by atoms with Gasteiger partial charge in [-0.1, -0.05) is 0 Å². The van der Waals surface area contributed by atoms with Gasteiger partial charge in [-0.3, -0.25) is 24.0 Å². The van der Waals surface area contributed by atoms with Gasteiger partial charge in [0.2, 0.25) is 0 Å². The molecule has 6 rings (SSSR count). The summed E-state index contributed by atoms with van der Waals surface area (Å²) in [6.07, 6.45) is 2.09. The highest BCUT2D eigenvalue weighted by atomic mass is 19.1. The number of rotatable bonds is 6. The van der Waals surface area contributed by atoms with Gasteiger partial charge in [-0.15, -0.1) is 0 Å². The lowest BCUT2D eigenvalue weighted by Crippen LogP contribution is -2.37. The number of aldehydes is 1. The summed E-state index contributed by atoms with van der Waals surface area (Å²) in [5.41, 5.74) is 1.96. The fraction of sp³-hybridized carbons (Fsp3) is 0.323. The minimum atomic E-state index is -0.975. The zero-order valence-corrected chi connectivity index (χ0v) is 24.7. The zero-order chi connectivity index (χ0) is 31.3. The molecule has 0 spiro atoms. The Kier molecular flexibility index (Phi) is 7.09. The van der Waals surface area contributed by atoms with E-state index in [0.717, 1.165) is 25.3 Å². The van der Waals surface area contributed by atoms with Crippen molar-refractivity contribution in [2.45, 2.75) is 45.8 Å². The number of H-pyrrole nitrogens is 1. The predicted octanol–water partition coefficient (Wildman–Crippen LogP) is 3.48. The fourth-order valence-electron chi connectivity index (χ4n) is 5.70. The van der Waals surface area contributed by atoms with Crippen molar-refractivity contribution in [2.24, 2.45) is 0 Å². The van der Waals surface area contributed by atoms with E-state index in [1.165, 1.54) is 12.3 Å². The van der Waals surface area contributed by atoms with Crippen LogP contribution in [0, 0.1) is 24.1 Å². The second kappa shape index (κ2) is 10.8. The van der Waals surface area contributed by atoms with Crippen LogP contribution in [0.15, 0.2) is 35.3 Å². The maximum absolute atomic E-state index is 15.4. The number of likely N-dealkylation sites (N-methyl/N-ethyl adjacent to an activating group) is 1. The number of nitrogens with zero attached hydrogens (tertiary/aromatic N) is 7. The number of nitriles is 1. The number of aromatic nitrogens is 5. The second-order valence-electron chi connectivity index (χ2n) is 11.7. The van der Waals surface area contributed by atoms with Crippen molar-refractivity contribution in [1.29, 1.82) is 5.26 Å². The topological polar surface area (TPSA) is 153 Å². The normalized spacial score (nSPS) is 15.0. The minimum absolute atomic E-state index is 0.0114. The van der Waals surface area contributed by atoms with Gasteiger partial charge in [-0.2, -0.15) is 15.5 Å². The number of fused-ring (bicyclic) bond motifs is 2. The number of aromatic amines is 1. The lowest BCUT2D eigenvalue weighted by atomic mass is 9.83. The Morgan fingerprint density at radius 2 is 1.93 bits per heavy atom. The molecular weight excluding hydrogens is 565 g/mol. The standard InChI is InChI=1S/C31H30FN9O3/c1-17-27(36-37-30(44)28(17)35-26-11-19-12-39(4)7-8-41(19)38-26)20-5-6-34-29(23(20)15-42)40-13-22-21(25(43)14-40)9-18(10-24(22)32)31(2,3)16-33/h5-6,9-11,15H,7-8,12-14H2,1-4H3,(H,37,44)(H,35,36,38). The highest BCUT2D eigenvalue weighted by Crippen LogP contribution is 2.35. The molecular formula is C31H30FN9O3. The third-order valence-electron chi connectivity index (χ3n) is 8.29. The van der Waals surface area contributed by atoms with Crippen LogP contribution in [0.4, 0.5) is 21.7 Å². The molecule has 2 aliphatic heterocycles. The Morgan fingerprint density at radius 3 is 2.68 bits per heavy atom. The van der Waals surface area contributed by atoms with Gasteiger partial charge in [0.25, 0.3) is 5.56 Å². The quantitative estimate of drug-likeness (QED) is 0.317. The van der Waals surface area contributed by atoms with Crippen LogP contribution in [0.25, 0.3) is 11.3 Å². The summed E-state index contributed by atoms with van der Waals surface area (Å²) < 4.78 is 17.3. The Balaban J connectivity index is 1.36. The Hall–Kier alpha value is -5.22. The molecule has 5 heterocycles. The SMILES string of the molecule is Cc1c(-c2ccnc(N3CC(=O)c4cc(C(C)(C)C#N)cc(F)c4C3)c2C=O)n[nH]c(=O)c1Nc1cc2n(n1)CCN(C)C2. The third kappa shape index (κ3) is 4.92. The van der Waals surface area contributed by atoms with Crippen LogP contribution in [-0.2, 0) is 25.0 Å². The second-order valence-corrected chi connectivity index (χ2v) is 11.7. The number of carbonyl (C=O) groups excluding carboxylic acids is 2. The average molecular weight is 596 g/mol. The van der Waals surface area contributed by atoms with Gasteiger partial charge in [0.1, 0.15) is 17.3 Å². The molecule has 0 saturated carbocycles. The lowest BCUT2D eigenvalue weighted by molar-refractivity contribution is 0.0989. The molecule has 44 heavy (non-hydrogen) atoms. The summed E-state index contributed by atoms with van der Waals surface area (Å²) in [7, 11) is 2.03. The Bertz CT molecular complexity index is 1940. The van der Waals surface area contributed by atoms with Crippen LogP contribution in [0.5, 0.6) is 0 Å². The molecule has 1 aromatic carbocycles. The molecule has 0 atom stereocenters. The van der Waals surface area contributed by atoms with Crippen LogP contribution >= 0.6 is 0 Å². The van der Waals surface area contributed by atoms with E-state index in [-0.39, 0.29) is 47.1 Å². The summed E-state index contributed by atoms with van der Waals surface area (Å²) in [6, 6.07) is 8.49. The van der Waals surface area contributed by atoms with Crippen molar-refractivity contribution in [3.05, 3.63) is 80.1 Å². The molecule has 0 aliphatic carbocycles. The van der Waals surface area contributed by atoms with Crippen molar-refractivity contribution in [1.82, 2.24) is 29.9 Å². The molecule has 0 amide bonds. The van der Waals surface area contributed by atoms with Crippen molar-refractivity contribution >= 4 is 29.4 Å². The summed E-state index contributed by atoms with van der Waals surface area (Å²) in [4.78, 5) is 46.8. The minimum Gasteiger partial charge on any atom is -0.344 e. The van der Waals surface area contributed by atoms with Gasteiger partial charge in [0, 0.05) is 54.2 Å². The summed E-state index contributed by atoms with van der Waals surface area (Å²) in [5.74, 6) is -0.265. The number of Topliss-reactive ketones (excluding diaryl/α,β-unsaturated/α-hetero) is 1. The summed E-state index contributed by atoms with van der Waals surface area (Å²) >= 11 is 0. The number of nitrogens with one attached hydrogen (secondary N) is 2. The number of ketones is 1. The van der Waals surface area contributed by atoms with E-state index in [2.05, 4.69) is 36.6 Å². The first-order chi connectivity index (χ1) is 21.0. The highest BCUT2D eigenvalue weighted by molar-refractivity contribution is 6.03. The molecule has 0 unspecified atom stereocenters. The first kappa shape index (κ1) is 28.9. The summed E-state index contributed by atoms with van der Waals surface area (Å²) in [5, 5.41) is 24.0. The Labute approximate surface area is 252 Å². The maximum atomic E-state index is 15.4. The first-order valence-electron chi connectivity index (χ1n) is 14.1. The average Bonchev–Trinajstić information content (AvgIpc) is 3.40. The largest absolute Gasteiger partial charge is 0.344 e. The van der Waals surface area contributed by atoms with E-state index in [1.54, 1.807) is 37.8 Å². The van der Waals surface area contributed by atoms with Gasteiger partial charge >= 0.3 is 0 Å². The molecule has 12 nitrogen and oxygen atoms in total. The number of benzene rings is 1. The number of pyridine rings is 1. The molecule has 2 aliphatic rings. The van der Waals surface area contributed by atoms with Crippen LogP contribution in [0.2, 0.25) is 0 Å². The Morgan fingerprint density at radius 1 is 1.14 bits per heavy atom. The molecule has 13 heteroatoms. The van der Waals surface area contributed by atoms with Gasteiger partial charge in [-0.25, -0.2) is 14.5 Å². The number of carbonyl (C=O) groups is 2. The van der Waals surface area contributed by atoms with Crippen LogP contribution in [0.3, 0.4) is 0 Å². The van der Waals surface area contributed by atoms with E-state index < -0.39 is 16.8 Å². The molecule has 3 aromatic heterocycles. The maximum Gasteiger partial charge on any atom is 0.288 e. The number of halogens is 1. The highest BCUT2D eigenvalue weighted by Gasteiger charge is 2.32. The van der Waals surface area contributed by atoms with Crippen LogP contribution in [0.1, 0.15) is 56.9 Å². The molecule has 0 radical (unpaired) electrons. The number of anilines is 3. The smallest absolute Gasteiger partial charge is 0.288 e. The molecule has 0 bridgehead atoms. The van der Waals surface area contributed by atoms with Gasteiger partial charge in [0.05, 0.1) is 41.5 Å². The fourth-order valence-corrected chi connectivity index (χ4v) is 5.70. The first-order valence-corrected chi connectivity index (χ1v) is 14.1. The van der Waals surface area contributed by atoms with Crippen molar-refractivity contribution in [2.75, 3.05) is 30.4 Å². The van der Waals surface area contributed by atoms with Crippen LogP contribution in [-0.4, -0.2) is 62.1 Å². The molecule has 224 valence electrons. The number of hydrogen-bond donors (Lipinski definition) is 2. The monoisotopic (exact) mass is 595 g/mol. The molecule has 0 saturated heterocycles. The van der Waals surface area contributed by atoms with E-state index in [9.17, 15) is 19.6 Å². The van der Waals surface area contributed by atoms with Gasteiger partial charge in [-0.05, 0) is 51.6 Å². The molecule has 0 fully saturated rings. The van der Waals surface area contributed by atoms with Crippen LogP contribution < -0.4 is 15.8 Å². The predicted molar refractivity (Wildman–Crippen MR) is 160 cm³/mol. The van der Waals surface area contributed by atoms with E-state index in [1.807, 2.05) is 17.8 Å². The summed E-state index contributed by atoms with van der Waals surface area (Å²) in [6.45, 7) is 7.22. The van der Waals surface area contributed by atoms with Crippen molar-refractivity contribution in [3.8, 4) is 17.3 Å². The van der Waals surface area contributed by atoms with Gasteiger partial charge < -0.3 is 10.2 Å². The molecule has 2 N–H and O–H groups in total. The van der Waals surface area contributed by atoms with Crippen molar-refractivity contribution < 1.29 is 14.0 Å². The van der Waals surface area contributed by atoms with Gasteiger partial charge in [0.15, 0.2) is 17.9 Å². The molecule has 4 aromatic rings. The third-order valence-corrected chi connectivity index (χ3v) is 8.29. The van der Waals surface area contributed by atoms with E-state index >= 15 is 4.39 Å². The van der Waals surface area contributed by atoms with Crippen molar-refractivity contribution in [3.63, 3.8) is 0 Å². The van der Waals surface area contributed by atoms with E-state index in [4.69, 9.17) is 0 Å². The number of hydrogen-bond acceptors (Lipinski definition) is 10. The lowest BCUT2D eigenvalue weighted by Gasteiger charge is -2.31.